The molecule has 3 heterocycles. The Morgan fingerprint density at radius 1 is 1.43 bits per heavy atom. The number of carboxylic acid groups (broad SMARTS) is 1. The summed E-state index contributed by atoms with van der Waals surface area (Å²) in [5.74, 6) is -1.14. The second-order valence-corrected chi connectivity index (χ2v) is 5.60. The highest BCUT2D eigenvalue weighted by molar-refractivity contribution is 5.93. The molecule has 1 aliphatic rings. The van der Waals surface area contributed by atoms with E-state index in [1.54, 1.807) is 15.5 Å². The number of carbonyl (C=O) groups excluding carboxylic acids is 1. The molecule has 1 aliphatic heterocycles. The fraction of sp³-hybridized carbons (Fsp3) is 0.438. The van der Waals surface area contributed by atoms with E-state index in [1.807, 2.05) is 18.2 Å². The van der Waals surface area contributed by atoms with E-state index in [-0.39, 0.29) is 25.0 Å². The van der Waals surface area contributed by atoms with Crippen LogP contribution in [0.4, 0.5) is 0 Å². The number of carbonyl (C=O) groups is 2. The van der Waals surface area contributed by atoms with Crippen molar-refractivity contribution in [3.63, 3.8) is 0 Å². The second kappa shape index (κ2) is 6.78. The first-order valence-electron chi connectivity index (χ1n) is 7.70. The Kier molecular flexibility index (Phi) is 4.57. The highest BCUT2D eigenvalue weighted by atomic mass is 16.5. The van der Waals surface area contributed by atoms with Gasteiger partial charge in [-0.3, -0.25) is 14.0 Å². The molecule has 1 fully saturated rings. The zero-order valence-corrected chi connectivity index (χ0v) is 12.7. The number of aliphatic carboxylic acids is 1. The van der Waals surface area contributed by atoms with Gasteiger partial charge < -0.3 is 14.7 Å². The summed E-state index contributed by atoms with van der Waals surface area (Å²) < 4.78 is 7.30. The number of carboxylic acids is 1. The predicted octanol–water partition coefficient (Wildman–Crippen LogP) is 1.43. The van der Waals surface area contributed by atoms with Crippen molar-refractivity contribution in [1.82, 2.24) is 14.3 Å². The monoisotopic (exact) mass is 317 g/mol. The van der Waals surface area contributed by atoms with Crippen molar-refractivity contribution < 1.29 is 19.4 Å². The molecule has 1 unspecified atom stereocenters. The highest BCUT2D eigenvalue weighted by Gasteiger charge is 2.25. The van der Waals surface area contributed by atoms with Crippen LogP contribution in [0.15, 0.2) is 30.6 Å². The predicted molar refractivity (Wildman–Crippen MR) is 82.3 cm³/mol. The van der Waals surface area contributed by atoms with Crippen molar-refractivity contribution in [1.29, 1.82) is 0 Å². The first kappa shape index (κ1) is 15.5. The number of nitrogens with zero attached hydrogens (tertiary/aromatic N) is 3. The molecule has 0 saturated carbocycles. The van der Waals surface area contributed by atoms with Crippen LogP contribution in [0.5, 0.6) is 0 Å². The average Bonchev–Trinajstić information content (AvgIpc) is 3.20. The molecular weight excluding hydrogens is 298 g/mol. The lowest BCUT2D eigenvalue weighted by Gasteiger charge is -2.24. The molecule has 1 N–H and O–H groups in total. The maximum Gasteiger partial charge on any atom is 0.305 e. The Morgan fingerprint density at radius 3 is 3.04 bits per heavy atom. The van der Waals surface area contributed by atoms with E-state index in [9.17, 15) is 9.59 Å². The van der Waals surface area contributed by atoms with E-state index >= 15 is 0 Å². The molecule has 0 bridgehead atoms. The van der Waals surface area contributed by atoms with E-state index in [0.717, 1.165) is 12.8 Å². The molecule has 1 amide bonds. The van der Waals surface area contributed by atoms with Crippen molar-refractivity contribution in [3.05, 3.63) is 36.3 Å². The van der Waals surface area contributed by atoms with Gasteiger partial charge in [-0.15, -0.1) is 0 Å². The van der Waals surface area contributed by atoms with Gasteiger partial charge in [-0.2, -0.15) is 0 Å². The third-order valence-corrected chi connectivity index (χ3v) is 3.97. The Labute approximate surface area is 133 Å². The molecule has 2 aromatic heterocycles. The lowest BCUT2D eigenvalue weighted by Crippen LogP contribution is -2.39. The van der Waals surface area contributed by atoms with E-state index in [1.165, 1.54) is 6.20 Å². The SMILES string of the molecule is O=C(O)CCN(CC1CCCO1)C(=O)c1cnc2ccccn12. The van der Waals surface area contributed by atoms with Crippen LogP contribution >= 0.6 is 0 Å². The highest BCUT2D eigenvalue weighted by Crippen LogP contribution is 2.16. The lowest BCUT2D eigenvalue weighted by atomic mass is 10.2. The molecule has 1 saturated heterocycles. The van der Waals surface area contributed by atoms with Gasteiger partial charge in [0.15, 0.2) is 0 Å². The molecule has 3 rings (SSSR count). The molecule has 23 heavy (non-hydrogen) atoms. The minimum atomic E-state index is -0.923. The quantitative estimate of drug-likeness (QED) is 0.871. The van der Waals surface area contributed by atoms with Gasteiger partial charge in [0.25, 0.3) is 5.91 Å². The van der Waals surface area contributed by atoms with Gasteiger partial charge in [-0.1, -0.05) is 6.07 Å². The third-order valence-electron chi connectivity index (χ3n) is 3.97. The van der Waals surface area contributed by atoms with Gasteiger partial charge in [-0.05, 0) is 25.0 Å². The minimum absolute atomic E-state index is 0.0214. The van der Waals surface area contributed by atoms with Crippen LogP contribution < -0.4 is 0 Å². The van der Waals surface area contributed by atoms with Gasteiger partial charge in [0, 0.05) is 25.9 Å². The fourth-order valence-electron chi connectivity index (χ4n) is 2.79. The maximum atomic E-state index is 12.8. The van der Waals surface area contributed by atoms with Crippen LogP contribution in [0.2, 0.25) is 0 Å². The number of amides is 1. The van der Waals surface area contributed by atoms with Crippen molar-refractivity contribution in [2.24, 2.45) is 0 Å². The Hall–Kier alpha value is -2.41. The van der Waals surface area contributed by atoms with Crippen molar-refractivity contribution >= 4 is 17.5 Å². The number of hydrogen-bond acceptors (Lipinski definition) is 4. The lowest BCUT2D eigenvalue weighted by molar-refractivity contribution is -0.137. The molecule has 0 radical (unpaired) electrons. The zero-order chi connectivity index (χ0) is 16.2. The molecule has 1 atom stereocenters. The Bertz CT molecular complexity index is 706. The van der Waals surface area contributed by atoms with Crippen LogP contribution in [0.25, 0.3) is 5.65 Å². The summed E-state index contributed by atoms with van der Waals surface area (Å²) in [4.78, 5) is 29.5. The largest absolute Gasteiger partial charge is 0.481 e. The molecule has 0 spiro atoms. The topological polar surface area (TPSA) is 84.1 Å². The summed E-state index contributed by atoms with van der Waals surface area (Å²) in [6.45, 7) is 1.27. The van der Waals surface area contributed by atoms with Gasteiger partial charge in [0.05, 0.1) is 18.7 Å². The van der Waals surface area contributed by atoms with Crippen LogP contribution in [0.1, 0.15) is 29.8 Å². The number of rotatable bonds is 6. The number of imidazole rings is 1. The average molecular weight is 317 g/mol. The smallest absolute Gasteiger partial charge is 0.305 e. The number of aromatic nitrogens is 2. The zero-order valence-electron chi connectivity index (χ0n) is 12.7. The first-order valence-corrected chi connectivity index (χ1v) is 7.70. The number of ether oxygens (including phenoxy) is 1. The van der Waals surface area contributed by atoms with Gasteiger partial charge in [0.1, 0.15) is 11.3 Å². The summed E-state index contributed by atoms with van der Waals surface area (Å²) in [5, 5.41) is 8.92. The van der Waals surface area contributed by atoms with Gasteiger partial charge in [-0.25, -0.2) is 4.98 Å². The van der Waals surface area contributed by atoms with Crippen LogP contribution in [0, 0.1) is 0 Å². The molecule has 2 aromatic rings. The first-order chi connectivity index (χ1) is 11.1. The molecule has 122 valence electrons. The molecule has 0 aromatic carbocycles. The van der Waals surface area contributed by atoms with Gasteiger partial charge >= 0.3 is 5.97 Å². The third kappa shape index (κ3) is 3.50. The second-order valence-electron chi connectivity index (χ2n) is 5.60. The van der Waals surface area contributed by atoms with Crippen molar-refractivity contribution in [2.75, 3.05) is 19.7 Å². The van der Waals surface area contributed by atoms with E-state index in [0.29, 0.717) is 24.5 Å². The number of hydrogen-bond donors (Lipinski definition) is 1. The van der Waals surface area contributed by atoms with Crippen LogP contribution in [-0.4, -0.2) is 57.1 Å². The van der Waals surface area contributed by atoms with E-state index in [2.05, 4.69) is 4.98 Å². The van der Waals surface area contributed by atoms with E-state index < -0.39 is 5.97 Å². The Balaban J connectivity index is 1.81. The van der Waals surface area contributed by atoms with Crippen molar-refractivity contribution in [3.8, 4) is 0 Å². The Morgan fingerprint density at radius 2 is 2.30 bits per heavy atom. The summed E-state index contributed by atoms with van der Waals surface area (Å²) >= 11 is 0. The normalized spacial score (nSPS) is 17.5. The molecule has 7 nitrogen and oxygen atoms in total. The van der Waals surface area contributed by atoms with Crippen LogP contribution in [-0.2, 0) is 9.53 Å². The molecule has 7 heteroatoms. The number of pyridine rings is 1. The van der Waals surface area contributed by atoms with Crippen LogP contribution in [0.3, 0.4) is 0 Å². The molecular formula is C16H19N3O4. The van der Waals surface area contributed by atoms with E-state index in [4.69, 9.17) is 9.84 Å². The molecule has 0 aliphatic carbocycles. The van der Waals surface area contributed by atoms with Gasteiger partial charge in [0.2, 0.25) is 0 Å². The fourth-order valence-corrected chi connectivity index (χ4v) is 2.79. The maximum absolute atomic E-state index is 12.8. The van der Waals surface area contributed by atoms with Crippen molar-refractivity contribution in [2.45, 2.75) is 25.4 Å². The summed E-state index contributed by atoms with van der Waals surface area (Å²) in [5.41, 5.74) is 1.12. The number of fused-ring (bicyclic) bond motifs is 1. The minimum Gasteiger partial charge on any atom is -0.481 e. The summed E-state index contributed by atoms with van der Waals surface area (Å²) in [7, 11) is 0. The standard InChI is InChI=1S/C16H19N3O4/c20-15(21)6-8-18(11-12-4-3-9-23-12)16(22)13-10-17-14-5-1-2-7-19(13)14/h1-2,5,7,10,12H,3-4,6,8-9,11H2,(H,20,21). The summed E-state index contributed by atoms with van der Waals surface area (Å²) in [6, 6.07) is 5.50. The summed E-state index contributed by atoms with van der Waals surface area (Å²) in [6.07, 6.45) is 5.06.